The topological polar surface area (TPSA) is 65.6 Å². The Bertz CT molecular complexity index is 322. The number of carbonyl (C=O) groups is 1. The van der Waals surface area contributed by atoms with Gasteiger partial charge in [-0.1, -0.05) is 0 Å². The first kappa shape index (κ1) is 11.8. The largest absolute Gasteiger partial charge is 0.296 e. The molecule has 82 valence electrons. The Balaban J connectivity index is 2.91. The lowest BCUT2D eigenvalue weighted by Crippen LogP contribution is -2.38. The number of nitrogens with zero attached hydrogens (tertiary/aromatic N) is 3. The van der Waals surface area contributed by atoms with Gasteiger partial charge in [-0.3, -0.25) is 4.79 Å². The molecule has 0 amide bonds. The Morgan fingerprint density at radius 2 is 2.07 bits per heavy atom. The van der Waals surface area contributed by atoms with Gasteiger partial charge in [0.25, 0.3) is 0 Å². The maximum atomic E-state index is 11.7. The van der Waals surface area contributed by atoms with E-state index in [0.717, 1.165) is 12.8 Å². The lowest BCUT2D eigenvalue weighted by atomic mass is 9.82. The van der Waals surface area contributed by atoms with Crippen LogP contribution in [-0.2, 0) is 4.79 Å². The SMILES string of the molecule is CC(C)(C)N=NC1(C#N)CCCCC1=O. The summed E-state index contributed by atoms with van der Waals surface area (Å²) in [5, 5.41) is 17.1. The summed E-state index contributed by atoms with van der Waals surface area (Å²) in [6.45, 7) is 5.69. The number of carbonyl (C=O) groups excluding carboxylic acids is 1. The van der Waals surface area contributed by atoms with Crippen LogP contribution in [0.3, 0.4) is 0 Å². The second-order valence-corrected chi connectivity index (χ2v) is 4.97. The zero-order valence-electron chi connectivity index (χ0n) is 9.58. The molecule has 0 saturated heterocycles. The Morgan fingerprint density at radius 1 is 1.40 bits per heavy atom. The number of azo groups is 1. The summed E-state index contributed by atoms with van der Waals surface area (Å²) >= 11 is 0. The fourth-order valence-corrected chi connectivity index (χ4v) is 1.49. The Kier molecular flexibility index (Phi) is 3.23. The molecule has 1 rings (SSSR count). The molecule has 4 heteroatoms. The standard InChI is InChI=1S/C11H17N3O/c1-10(2,3)13-14-11(8-12)7-5-4-6-9(11)15/h4-7H2,1-3H3. The lowest BCUT2D eigenvalue weighted by Gasteiger charge is -2.24. The Labute approximate surface area is 90.4 Å². The number of ketones is 1. The first-order valence-corrected chi connectivity index (χ1v) is 5.28. The fourth-order valence-electron chi connectivity index (χ4n) is 1.49. The van der Waals surface area contributed by atoms with E-state index in [-0.39, 0.29) is 11.3 Å². The molecular weight excluding hydrogens is 190 g/mol. The Hall–Kier alpha value is -1.24. The summed E-state index contributed by atoms with van der Waals surface area (Å²) < 4.78 is 0. The third-order valence-corrected chi connectivity index (χ3v) is 2.36. The molecule has 1 saturated carbocycles. The van der Waals surface area contributed by atoms with Gasteiger partial charge in [0, 0.05) is 6.42 Å². The van der Waals surface area contributed by atoms with Gasteiger partial charge in [-0.05, 0) is 40.0 Å². The van der Waals surface area contributed by atoms with E-state index in [9.17, 15) is 4.79 Å². The van der Waals surface area contributed by atoms with E-state index in [0.29, 0.717) is 12.8 Å². The highest BCUT2D eigenvalue weighted by Gasteiger charge is 2.40. The zero-order chi connectivity index (χ0) is 11.5. The third kappa shape index (κ3) is 2.85. The highest BCUT2D eigenvalue weighted by Crippen LogP contribution is 2.29. The minimum atomic E-state index is -1.19. The average Bonchev–Trinajstić information content (AvgIpc) is 2.16. The molecule has 0 aromatic rings. The number of hydrogen-bond acceptors (Lipinski definition) is 4. The number of hydrogen-bond donors (Lipinski definition) is 0. The second kappa shape index (κ2) is 4.09. The summed E-state index contributed by atoms with van der Waals surface area (Å²) in [6.07, 6.45) is 2.72. The van der Waals surface area contributed by atoms with Crippen LogP contribution in [0, 0.1) is 11.3 Å². The molecule has 1 atom stereocenters. The molecule has 1 unspecified atom stereocenters. The fraction of sp³-hybridized carbons (Fsp3) is 0.818. The van der Waals surface area contributed by atoms with Crippen molar-refractivity contribution in [2.24, 2.45) is 10.2 Å². The van der Waals surface area contributed by atoms with Crippen LogP contribution in [-0.4, -0.2) is 16.9 Å². The molecule has 0 heterocycles. The molecule has 0 spiro atoms. The van der Waals surface area contributed by atoms with Gasteiger partial charge in [-0.25, -0.2) is 0 Å². The molecule has 0 aromatic heterocycles. The van der Waals surface area contributed by atoms with Crippen molar-refractivity contribution in [1.82, 2.24) is 0 Å². The van der Waals surface area contributed by atoms with Gasteiger partial charge in [0.2, 0.25) is 5.54 Å². The molecule has 0 N–H and O–H groups in total. The van der Waals surface area contributed by atoms with Crippen LogP contribution in [0.5, 0.6) is 0 Å². The maximum Gasteiger partial charge on any atom is 0.224 e. The predicted octanol–water partition coefficient (Wildman–Crippen LogP) is 2.64. The molecule has 0 aromatic carbocycles. The second-order valence-electron chi connectivity index (χ2n) is 4.97. The molecule has 0 radical (unpaired) electrons. The van der Waals surface area contributed by atoms with Crippen LogP contribution < -0.4 is 0 Å². The van der Waals surface area contributed by atoms with E-state index in [1.165, 1.54) is 0 Å². The zero-order valence-corrected chi connectivity index (χ0v) is 9.58. The summed E-state index contributed by atoms with van der Waals surface area (Å²) in [7, 11) is 0. The van der Waals surface area contributed by atoms with E-state index in [2.05, 4.69) is 10.2 Å². The summed E-state index contributed by atoms with van der Waals surface area (Å²) in [5.74, 6) is -0.0794. The summed E-state index contributed by atoms with van der Waals surface area (Å²) in [4.78, 5) is 11.7. The van der Waals surface area contributed by atoms with E-state index < -0.39 is 5.54 Å². The van der Waals surface area contributed by atoms with Gasteiger partial charge in [-0.15, -0.1) is 0 Å². The normalized spacial score (nSPS) is 28.0. The van der Waals surface area contributed by atoms with Crippen molar-refractivity contribution >= 4 is 5.78 Å². The minimum Gasteiger partial charge on any atom is -0.296 e. The highest BCUT2D eigenvalue weighted by atomic mass is 16.1. The number of Topliss-reactive ketones (excluding diaryl/α,β-unsaturated/α-hetero) is 1. The average molecular weight is 207 g/mol. The monoisotopic (exact) mass is 207 g/mol. The van der Waals surface area contributed by atoms with Crippen molar-refractivity contribution in [3.63, 3.8) is 0 Å². The van der Waals surface area contributed by atoms with Crippen LogP contribution in [0.15, 0.2) is 10.2 Å². The maximum absolute atomic E-state index is 11.7. The minimum absolute atomic E-state index is 0.0794. The molecule has 0 bridgehead atoms. The first-order valence-electron chi connectivity index (χ1n) is 5.28. The third-order valence-electron chi connectivity index (χ3n) is 2.36. The van der Waals surface area contributed by atoms with E-state index in [1.807, 2.05) is 26.8 Å². The smallest absolute Gasteiger partial charge is 0.224 e. The summed E-state index contributed by atoms with van der Waals surface area (Å²) in [5.41, 5.74) is -1.52. The van der Waals surface area contributed by atoms with E-state index >= 15 is 0 Å². The van der Waals surface area contributed by atoms with Gasteiger partial charge in [0.1, 0.15) is 6.07 Å². The van der Waals surface area contributed by atoms with E-state index in [1.54, 1.807) is 0 Å². The van der Waals surface area contributed by atoms with Crippen molar-refractivity contribution in [3.05, 3.63) is 0 Å². The van der Waals surface area contributed by atoms with Gasteiger partial charge in [-0.2, -0.15) is 15.5 Å². The Morgan fingerprint density at radius 3 is 2.53 bits per heavy atom. The van der Waals surface area contributed by atoms with Crippen molar-refractivity contribution in [3.8, 4) is 6.07 Å². The van der Waals surface area contributed by atoms with E-state index in [4.69, 9.17) is 5.26 Å². The molecular formula is C11H17N3O. The quantitative estimate of drug-likeness (QED) is 0.620. The van der Waals surface area contributed by atoms with Gasteiger partial charge in [0.05, 0.1) is 5.54 Å². The van der Waals surface area contributed by atoms with Crippen molar-refractivity contribution in [1.29, 1.82) is 5.26 Å². The number of nitriles is 1. The molecule has 0 aliphatic heterocycles. The van der Waals surface area contributed by atoms with Gasteiger partial charge in [0.15, 0.2) is 5.78 Å². The van der Waals surface area contributed by atoms with Crippen LogP contribution in [0.25, 0.3) is 0 Å². The highest BCUT2D eigenvalue weighted by molar-refractivity contribution is 5.92. The molecule has 4 nitrogen and oxygen atoms in total. The molecule has 15 heavy (non-hydrogen) atoms. The molecule has 1 aliphatic carbocycles. The predicted molar refractivity (Wildman–Crippen MR) is 56.4 cm³/mol. The van der Waals surface area contributed by atoms with Crippen LogP contribution in [0.4, 0.5) is 0 Å². The van der Waals surface area contributed by atoms with Crippen molar-refractivity contribution in [2.45, 2.75) is 57.5 Å². The van der Waals surface area contributed by atoms with Crippen LogP contribution in [0.1, 0.15) is 46.5 Å². The van der Waals surface area contributed by atoms with Crippen LogP contribution >= 0.6 is 0 Å². The van der Waals surface area contributed by atoms with Crippen LogP contribution in [0.2, 0.25) is 0 Å². The van der Waals surface area contributed by atoms with Gasteiger partial charge >= 0.3 is 0 Å². The summed E-state index contributed by atoms with van der Waals surface area (Å²) in [6, 6.07) is 2.03. The van der Waals surface area contributed by atoms with Gasteiger partial charge < -0.3 is 0 Å². The molecule has 1 fully saturated rings. The van der Waals surface area contributed by atoms with Crippen molar-refractivity contribution in [2.75, 3.05) is 0 Å². The lowest BCUT2D eigenvalue weighted by molar-refractivity contribution is -0.124. The first-order chi connectivity index (χ1) is 6.90. The molecule has 1 aliphatic rings. The number of rotatable bonds is 1. The van der Waals surface area contributed by atoms with Crippen molar-refractivity contribution < 1.29 is 4.79 Å².